The molecule has 372 valence electrons. The van der Waals surface area contributed by atoms with Crippen molar-refractivity contribution in [3.8, 4) is 17.2 Å². The summed E-state index contributed by atoms with van der Waals surface area (Å²) in [5.41, 5.74) is 5.35. The zero-order chi connectivity index (χ0) is 49.4. The predicted molar refractivity (Wildman–Crippen MR) is 267 cm³/mol. The normalized spacial score (nSPS) is 21.5. The maximum Gasteiger partial charge on any atom is 0.410 e. The zero-order valence-electron chi connectivity index (χ0n) is 40.0. The lowest BCUT2D eigenvalue weighted by Gasteiger charge is -2.59. The van der Waals surface area contributed by atoms with Crippen LogP contribution in [0.25, 0.3) is 0 Å². The minimum Gasteiger partial charge on any atom is -0.459 e. The molecule has 5 aromatic rings. The van der Waals surface area contributed by atoms with Gasteiger partial charge in [0.25, 0.3) is 0 Å². The van der Waals surface area contributed by atoms with Gasteiger partial charge in [-0.1, -0.05) is 115 Å². The molecular formula is C58H63FN2O10. The van der Waals surface area contributed by atoms with Crippen LogP contribution in [0.3, 0.4) is 0 Å². The van der Waals surface area contributed by atoms with Crippen LogP contribution in [0.15, 0.2) is 157 Å². The van der Waals surface area contributed by atoms with Crippen molar-refractivity contribution in [3.63, 3.8) is 0 Å². The highest BCUT2D eigenvalue weighted by atomic mass is 19.1. The second-order valence-corrected chi connectivity index (χ2v) is 18.2. The van der Waals surface area contributed by atoms with Crippen LogP contribution in [0, 0.1) is 23.6 Å². The molecule has 13 heteroatoms. The third-order valence-electron chi connectivity index (χ3n) is 13.6. The summed E-state index contributed by atoms with van der Waals surface area (Å²) in [7, 11) is 0. The Balaban J connectivity index is 1.28. The number of ether oxygens (including phenoxy) is 5. The summed E-state index contributed by atoms with van der Waals surface area (Å²) in [4.78, 5) is 34.6. The van der Waals surface area contributed by atoms with Crippen LogP contribution in [0.2, 0.25) is 0 Å². The van der Waals surface area contributed by atoms with Crippen molar-refractivity contribution in [2.45, 2.75) is 82.5 Å². The molecule has 2 N–H and O–H groups in total. The van der Waals surface area contributed by atoms with Crippen LogP contribution in [0.1, 0.15) is 83.5 Å². The van der Waals surface area contributed by atoms with Crippen molar-refractivity contribution in [2.75, 3.05) is 33.0 Å². The van der Waals surface area contributed by atoms with Gasteiger partial charge < -0.3 is 38.7 Å². The standard InChI is InChI=1S/C58H63FN2O10/c1-2-30-68-58-54(61(37-41-22-24-46(59)25-23-41)57(65)67-32-31-66-39-42-14-5-3-6-15-42)36-52(60-69-40-43-16-7-4-8-17-43)50-34-45(19-9-11-28-62)49(21-10-12-29-63)55(56(50)58)51-35-48(26-27-53(51)71-58)70-47-20-13-18-44(33-47)38-64/h2-8,13-18,20,22-27,33-35,38,45,49,54-56,62-63H,1,9-12,19,21,28-32,36-37,39-40H2/t45-,49+,54-,55+,56+,58+/m0/s1. The topological polar surface area (TPSA) is 146 Å². The average molecular weight is 967 g/mol. The Morgan fingerprint density at radius 3 is 2.25 bits per heavy atom. The molecule has 0 spiro atoms. The highest BCUT2D eigenvalue weighted by molar-refractivity contribution is 6.03. The number of allylic oxidation sites excluding steroid dienone is 1. The van der Waals surface area contributed by atoms with Gasteiger partial charge >= 0.3 is 6.09 Å². The number of rotatable bonds is 25. The van der Waals surface area contributed by atoms with E-state index in [0.29, 0.717) is 53.5 Å². The van der Waals surface area contributed by atoms with E-state index in [1.165, 1.54) is 12.1 Å². The van der Waals surface area contributed by atoms with E-state index in [1.807, 2.05) is 78.9 Å². The van der Waals surface area contributed by atoms with Gasteiger partial charge in [0.05, 0.1) is 31.5 Å². The number of fused-ring (bicyclic) bond motifs is 2. The monoisotopic (exact) mass is 966 g/mol. The molecule has 8 rings (SSSR count). The van der Waals surface area contributed by atoms with Gasteiger partial charge in [-0.05, 0) is 102 Å². The molecule has 71 heavy (non-hydrogen) atoms. The first kappa shape index (κ1) is 50.7. The van der Waals surface area contributed by atoms with Gasteiger partial charge in [0.2, 0.25) is 5.79 Å². The minimum absolute atomic E-state index is 0.00496. The van der Waals surface area contributed by atoms with E-state index in [2.05, 4.69) is 12.7 Å². The maximum atomic E-state index is 15.0. The summed E-state index contributed by atoms with van der Waals surface area (Å²) < 4.78 is 47.5. The second-order valence-electron chi connectivity index (χ2n) is 18.2. The summed E-state index contributed by atoms with van der Waals surface area (Å²) in [6.07, 6.45) is 8.38. The number of benzene rings is 5. The van der Waals surface area contributed by atoms with Crippen molar-refractivity contribution < 1.29 is 52.7 Å². The third kappa shape index (κ3) is 12.5. The number of nitrogens with zero attached hydrogens (tertiary/aromatic N) is 2. The molecule has 0 radical (unpaired) electrons. The van der Waals surface area contributed by atoms with E-state index in [-0.39, 0.29) is 70.4 Å². The number of aliphatic hydroxyl groups excluding tert-OH is 2. The number of aliphatic hydroxyl groups is 2. The molecule has 5 aromatic carbocycles. The third-order valence-corrected chi connectivity index (χ3v) is 13.6. The van der Waals surface area contributed by atoms with Gasteiger partial charge in [0, 0.05) is 43.2 Å². The number of carbonyl (C=O) groups excluding carboxylic acids is 2. The van der Waals surface area contributed by atoms with Crippen molar-refractivity contribution in [1.82, 2.24) is 4.90 Å². The van der Waals surface area contributed by atoms with Crippen LogP contribution in [-0.4, -0.2) is 78.1 Å². The number of aldehydes is 1. The first-order valence-corrected chi connectivity index (χ1v) is 24.6. The minimum atomic E-state index is -1.59. The summed E-state index contributed by atoms with van der Waals surface area (Å²) >= 11 is 0. The molecule has 0 bridgehead atoms. The zero-order valence-corrected chi connectivity index (χ0v) is 40.0. The molecule has 12 nitrogen and oxygen atoms in total. The Labute approximate surface area is 415 Å². The fraction of sp³-hybridized carbons (Fsp3) is 0.362. The number of hydrogen-bond acceptors (Lipinski definition) is 11. The maximum absolute atomic E-state index is 15.0. The van der Waals surface area contributed by atoms with Crippen molar-refractivity contribution in [2.24, 2.45) is 22.9 Å². The summed E-state index contributed by atoms with van der Waals surface area (Å²) in [5.74, 6) is -1.49. The number of unbranched alkanes of at least 4 members (excludes halogenated alkanes) is 2. The Kier molecular flexibility index (Phi) is 17.8. The Morgan fingerprint density at radius 1 is 0.817 bits per heavy atom. The van der Waals surface area contributed by atoms with Crippen molar-refractivity contribution in [1.29, 1.82) is 0 Å². The van der Waals surface area contributed by atoms with Crippen molar-refractivity contribution >= 4 is 18.1 Å². The fourth-order valence-electron chi connectivity index (χ4n) is 10.4. The molecule has 1 saturated carbocycles. The first-order valence-electron chi connectivity index (χ1n) is 24.6. The predicted octanol–water partition coefficient (Wildman–Crippen LogP) is 11.1. The van der Waals surface area contributed by atoms with Crippen LogP contribution in [0.4, 0.5) is 9.18 Å². The number of oxime groups is 1. The summed E-state index contributed by atoms with van der Waals surface area (Å²) in [6.45, 7) is 4.80. The molecule has 0 saturated heterocycles. The smallest absolute Gasteiger partial charge is 0.410 e. The van der Waals surface area contributed by atoms with E-state index in [4.69, 9.17) is 33.7 Å². The SMILES string of the molecule is C=CCO[C@@]12Oc3ccc(Oc4cccc(C=O)c4)cc3[C@H]3[C@H](CCCCO)[C@@H](CCCCO)C=C(C(=NOCc4ccccc4)C[C@@H]1N(Cc1ccc(F)cc1)C(=O)OCCOCc1ccccc1)[C@H]32. The average Bonchev–Trinajstić information content (AvgIpc) is 3.39. The van der Waals surface area contributed by atoms with Crippen molar-refractivity contribution in [3.05, 3.63) is 185 Å². The van der Waals surface area contributed by atoms with Gasteiger partial charge in [-0.15, -0.1) is 6.58 Å². The molecule has 1 amide bonds. The number of halogens is 1. The van der Waals surface area contributed by atoms with Crippen LogP contribution < -0.4 is 9.47 Å². The number of carbonyl (C=O) groups is 2. The molecule has 1 heterocycles. The lowest BCUT2D eigenvalue weighted by Crippen LogP contribution is -2.70. The van der Waals surface area contributed by atoms with Gasteiger partial charge in [-0.2, -0.15) is 0 Å². The molecule has 1 fully saturated rings. The summed E-state index contributed by atoms with van der Waals surface area (Å²) in [6, 6.07) is 37.2. The van der Waals surface area contributed by atoms with E-state index in [1.54, 1.807) is 47.4 Å². The molecule has 2 aliphatic carbocycles. The Bertz CT molecular complexity index is 2590. The van der Waals surface area contributed by atoms with Gasteiger partial charge in [0.15, 0.2) is 0 Å². The van der Waals surface area contributed by atoms with E-state index < -0.39 is 29.7 Å². The van der Waals surface area contributed by atoms with Crippen LogP contribution in [0.5, 0.6) is 17.2 Å². The molecule has 0 aromatic heterocycles. The van der Waals surface area contributed by atoms with E-state index in [0.717, 1.165) is 54.2 Å². The highest BCUT2D eigenvalue weighted by Crippen LogP contribution is 2.62. The highest BCUT2D eigenvalue weighted by Gasteiger charge is 2.65. The molecule has 0 unspecified atom stereocenters. The number of amides is 1. The van der Waals surface area contributed by atoms with Gasteiger partial charge in [0.1, 0.15) is 48.6 Å². The van der Waals surface area contributed by atoms with Gasteiger partial charge in [-0.25, -0.2) is 9.18 Å². The molecule has 6 atom stereocenters. The molecule has 3 aliphatic rings. The summed E-state index contributed by atoms with van der Waals surface area (Å²) in [5, 5.41) is 25.0. The first-order chi connectivity index (χ1) is 34.8. The number of hydrogen-bond donors (Lipinski definition) is 2. The van der Waals surface area contributed by atoms with E-state index >= 15 is 4.79 Å². The van der Waals surface area contributed by atoms with Crippen LogP contribution in [-0.2, 0) is 38.8 Å². The Morgan fingerprint density at radius 2 is 1.54 bits per heavy atom. The molecular weight excluding hydrogens is 904 g/mol. The van der Waals surface area contributed by atoms with Gasteiger partial charge in [-0.3, -0.25) is 9.69 Å². The fourth-order valence-corrected chi connectivity index (χ4v) is 10.4. The lowest BCUT2D eigenvalue weighted by molar-refractivity contribution is -0.256. The van der Waals surface area contributed by atoms with E-state index in [9.17, 15) is 19.4 Å². The Hall–Kier alpha value is -6.64. The quantitative estimate of drug-likeness (QED) is 0.0251. The lowest BCUT2D eigenvalue weighted by atomic mass is 9.55. The second kappa shape index (κ2) is 25.0. The largest absolute Gasteiger partial charge is 0.459 e. The van der Waals surface area contributed by atoms with Crippen LogP contribution >= 0.6 is 0 Å². The molecule has 1 aliphatic heterocycles.